The van der Waals surface area contributed by atoms with Gasteiger partial charge in [0.1, 0.15) is 5.75 Å². The van der Waals surface area contributed by atoms with E-state index in [2.05, 4.69) is 40.8 Å². The third kappa shape index (κ3) is 2.52. The van der Waals surface area contributed by atoms with Crippen LogP contribution in [0.5, 0.6) is 11.6 Å². The van der Waals surface area contributed by atoms with E-state index < -0.39 is 0 Å². The average molecular weight is 318 g/mol. The fourth-order valence-electron chi connectivity index (χ4n) is 2.54. The van der Waals surface area contributed by atoms with E-state index >= 15 is 0 Å². The number of pyridine rings is 1. The van der Waals surface area contributed by atoms with Crippen LogP contribution in [0.15, 0.2) is 28.7 Å². The van der Waals surface area contributed by atoms with Crippen LogP contribution in [0, 0.1) is 13.8 Å². The Morgan fingerprint density at radius 1 is 1.11 bits per heavy atom. The largest absolute Gasteiger partial charge is 0.439 e. The molecule has 2 aromatic rings. The first-order valence-corrected chi connectivity index (χ1v) is 7.36. The van der Waals surface area contributed by atoms with Crippen molar-refractivity contribution in [1.82, 2.24) is 4.98 Å². The summed E-state index contributed by atoms with van der Waals surface area (Å²) in [5, 5.41) is 0. The van der Waals surface area contributed by atoms with E-state index in [1.54, 1.807) is 0 Å². The number of benzene rings is 1. The van der Waals surface area contributed by atoms with E-state index in [4.69, 9.17) is 4.74 Å². The monoisotopic (exact) mass is 317 g/mol. The molecule has 98 valence electrons. The third-order valence-electron chi connectivity index (χ3n) is 3.53. The highest BCUT2D eigenvalue weighted by molar-refractivity contribution is 9.10. The summed E-state index contributed by atoms with van der Waals surface area (Å²) in [6.45, 7) is 4.14. The van der Waals surface area contributed by atoms with Crippen LogP contribution in [0.1, 0.15) is 28.8 Å². The number of fused-ring (bicyclic) bond motifs is 1. The molecule has 0 amide bonds. The van der Waals surface area contributed by atoms with Crippen LogP contribution in [0.25, 0.3) is 0 Å². The van der Waals surface area contributed by atoms with Gasteiger partial charge in [-0.1, -0.05) is 22.0 Å². The van der Waals surface area contributed by atoms with Gasteiger partial charge in [0.05, 0.1) is 0 Å². The zero-order chi connectivity index (χ0) is 13.4. The highest BCUT2D eigenvalue weighted by atomic mass is 79.9. The Bertz CT molecular complexity index is 614. The maximum absolute atomic E-state index is 5.89. The molecular weight excluding hydrogens is 302 g/mol. The maximum Gasteiger partial charge on any atom is 0.219 e. The number of rotatable bonds is 2. The SMILES string of the molecule is Cc1cc(Oc2ccc3c(n2)CCC3)cc(C)c1Br. The quantitative estimate of drug-likeness (QED) is 0.798. The van der Waals surface area contributed by atoms with E-state index in [0.29, 0.717) is 5.88 Å². The summed E-state index contributed by atoms with van der Waals surface area (Å²) >= 11 is 3.57. The molecule has 0 fully saturated rings. The van der Waals surface area contributed by atoms with Crippen molar-refractivity contribution in [2.24, 2.45) is 0 Å². The van der Waals surface area contributed by atoms with Gasteiger partial charge < -0.3 is 4.74 Å². The predicted octanol–water partition coefficient (Wildman–Crippen LogP) is 4.74. The average Bonchev–Trinajstić information content (AvgIpc) is 2.83. The van der Waals surface area contributed by atoms with Crippen LogP contribution < -0.4 is 4.74 Å². The number of aryl methyl sites for hydroxylation is 4. The molecule has 0 spiro atoms. The molecular formula is C16H16BrNO. The van der Waals surface area contributed by atoms with Crippen molar-refractivity contribution < 1.29 is 4.74 Å². The molecule has 0 saturated carbocycles. The summed E-state index contributed by atoms with van der Waals surface area (Å²) in [6, 6.07) is 8.18. The van der Waals surface area contributed by atoms with Gasteiger partial charge >= 0.3 is 0 Å². The fraction of sp³-hybridized carbons (Fsp3) is 0.312. The van der Waals surface area contributed by atoms with Crippen molar-refractivity contribution in [3.63, 3.8) is 0 Å². The smallest absolute Gasteiger partial charge is 0.219 e. The second kappa shape index (κ2) is 4.97. The Hall–Kier alpha value is -1.35. The number of nitrogens with zero attached hydrogens (tertiary/aromatic N) is 1. The molecule has 1 aliphatic rings. The van der Waals surface area contributed by atoms with Crippen LogP contribution in [0.2, 0.25) is 0 Å². The molecule has 1 aromatic carbocycles. The Kier molecular flexibility index (Phi) is 3.31. The van der Waals surface area contributed by atoms with Gasteiger partial charge in [0.2, 0.25) is 5.88 Å². The second-order valence-electron chi connectivity index (χ2n) is 5.08. The van der Waals surface area contributed by atoms with Gasteiger partial charge in [-0.05, 0) is 61.9 Å². The van der Waals surface area contributed by atoms with Crippen LogP contribution in [0.3, 0.4) is 0 Å². The van der Waals surface area contributed by atoms with Crippen molar-refractivity contribution >= 4 is 15.9 Å². The maximum atomic E-state index is 5.89. The van der Waals surface area contributed by atoms with Crippen LogP contribution in [0.4, 0.5) is 0 Å². The predicted molar refractivity (Wildman–Crippen MR) is 80.0 cm³/mol. The van der Waals surface area contributed by atoms with Gasteiger partial charge in [-0.15, -0.1) is 0 Å². The van der Waals surface area contributed by atoms with E-state index in [1.165, 1.54) is 28.8 Å². The minimum absolute atomic E-state index is 0.696. The summed E-state index contributed by atoms with van der Waals surface area (Å²) in [6.07, 6.45) is 3.44. The fourth-order valence-corrected chi connectivity index (χ4v) is 2.77. The van der Waals surface area contributed by atoms with Crippen molar-refractivity contribution in [2.75, 3.05) is 0 Å². The molecule has 1 heterocycles. The third-order valence-corrected chi connectivity index (χ3v) is 4.79. The first-order valence-electron chi connectivity index (χ1n) is 6.57. The Balaban J connectivity index is 1.89. The first-order chi connectivity index (χ1) is 9.13. The molecule has 0 unspecified atom stereocenters. The second-order valence-corrected chi connectivity index (χ2v) is 5.87. The number of ether oxygens (including phenoxy) is 1. The lowest BCUT2D eigenvalue weighted by Crippen LogP contribution is -1.94. The Labute approximate surface area is 122 Å². The number of halogens is 1. The molecule has 0 aliphatic heterocycles. The van der Waals surface area contributed by atoms with Crippen LogP contribution >= 0.6 is 15.9 Å². The molecule has 1 aliphatic carbocycles. The lowest BCUT2D eigenvalue weighted by molar-refractivity contribution is 0.460. The molecule has 3 heteroatoms. The topological polar surface area (TPSA) is 22.1 Å². The van der Waals surface area contributed by atoms with Crippen molar-refractivity contribution in [3.05, 3.63) is 51.1 Å². The molecule has 2 nitrogen and oxygen atoms in total. The molecule has 19 heavy (non-hydrogen) atoms. The summed E-state index contributed by atoms with van der Waals surface area (Å²) in [4.78, 5) is 4.60. The van der Waals surface area contributed by atoms with E-state index in [-0.39, 0.29) is 0 Å². The van der Waals surface area contributed by atoms with E-state index in [9.17, 15) is 0 Å². The summed E-state index contributed by atoms with van der Waals surface area (Å²) < 4.78 is 7.03. The molecule has 3 rings (SSSR count). The highest BCUT2D eigenvalue weighted by Gasteiger charge is 2.13. The van der Waals surface area contributed by atoms with Crippen molar-refractivity contribution in [1.29, 1.82) is 0 Å². The number of aromatic nitrogens is 1. The van der Waals surface area contributed by atoms with Gasteiger partial charge in [-0.3, -0.25) is 0 Å². The van der Waals surface area contributed by atoms with Gasteiger partial charge in [-0.25, -0.2) is 4.98 Å². The summed E-state index contributed by atoms with van der Waals surface area (Å²) in [7, 11) is 0. The Morgan fingerprint density at radius 2 is 1.84 bits per heavy atom. The van der Waals surface area contributed by atoms with Crippen molar-refractivity contribution in [2.45, 2.75) is 33.1 Å². The Morgan fingerprint density at radius 3 is 2.58 bits per heavy atom. The standard InChI is InChI=1S/C16H16BrNO/c1-10-8-13(9-11(2)16(10)17)19-15-7-6-12-4-3-5-14(12)18-15/h6-9H,3-5H2,1-2H3. The van der Waals surface area contributed by atoms with Gasteiger partial charge in [0, 0.05) is 16.2 Å². The number of hydrogen-bond acceptors (Lipinski definition) is 2. The minimum Gasteiger partial charge on any atom is -0.439 e. The van der Waals surface area contributed by atoms with Crippen molar-refractivity contribution in [3.8, 4) is 11.6 Å². The summed E-state index contributed by atoms with van der Waals surface area (Å²) in [5.41, 5.74) is 4.92. The van der Waals surface area contributed by atoms with E-state index in [0.717, 1.165) is 23.1 Å². The van der Waals surface area contributed by atoms with E-state index in [1.807, 2.05) is 18.2 Å². The lowest BCUT2D eigenvalue weighted by Gasteiger charge is -2.10. The molecule has 0 atom stereocenters. The van der Waals surface area contributed by atoms with Crippen LogP contribution in [-0.4, -0.2) is 4.98 Å². The lowest BCUT2D eigenvalue weighted by atomic mass is 10.1. The van der Waals surface area contributed by atoms with Crippen LogP contribution in [-0.2, 0) is 12.8 Å². The van der Waals surface area contributed by atoms with Gasteiger partial charge in [0.25, 0.3) is 0 Å². The van der Waals surface area contributed by atoms with Gasteiger partial charge in [0.15, 0.2) is 0 Å². The molecule has 0 radical (unpaired) electrons. The van der Waals surface area contributed by atoms with Gasteiger partial charge in [-0.2, -0.15) is 0 Å². The molecule has 0 saturated heterocycles. The first kappa shape index (κ1) is 12.7. The minimum atomic E-state index is 0.696. The zero-order valence-electron chi connectivity index (χ0n) is 11.2. The molecule has 0 bridgehead atoms. The molecule has 1 aromatic heterocycles. The summed E-state index contributed by atoms with van der Waals surface area (Å²) in [5.74, 6) is 1.55. The molecule has 0 N–H and O–H groups in total. The highest BCUT2D eigenvalue weighted by Crippen LogP contribution is 2.30. The number of hydrogen-bond donors (Lipinski definition) is 0. The zero-order valence-corrected chi connectivity index (χ0v) is 12.8. The normalized spacial score (nSPS) is 13.4.